The first-order chi connectivity index (χ1) is 10.9. The number of carbonyl (C=O) groups excluding carboxylic acids is 1. The molecule has 0 aliphatic heterocycles. The fourth-order valence-electron chi connectivity index (χ4n) is 1.65. The summed E-state index contributed by atoms with van der Waals surface area (Å²) >= 11 is 0.947. The summed E-state index contributed by atoms with van der Waals surface area (Å²) in [5, 5.41) is 0.371. The number of rotatable bonds is 7. The van der Waals surface area contributed by atoms with Gasteiger partial charge in [-0.25, -0.2) is 13.4 Å². The van der Waals surface area contributed by atoms with Gasteiger partial charge in [0.25, 0.3) is 10.0 Å². The van der Waals surface area contributed by atoms with E-state index in [4.69, 9.17) is 9.47 Å². The van der Waals surface area contributed by atoms with Gasteiger partial charge in [-0.1, -0.05) is 18.3 Å². The Balaban J connectivity index is 2.08. The highest BCUT2D eigenvalue weighted by molar-refractivity contribution is 7.93. The molecule has 0 amide bonds. The molecule has 0 bridgehead atoms. The molecule has 9 heteroatoms. The molecule has 1 aromatic heterocycles. The first-order valence-corrected chi connectivity index (χ1v) is 9.08. The molecule has 1 heterocycles. The van der Waals surface area contributed by atoms with E-state index in [9.17, 15) is 13.2 Å². The molecule has 1 N–H and O–H groups in total. The number of benzene rings is 1. The minimum absolute atomic E-state index is 0.0815. The Kier molecular flexibility index (Phi) is 5.56. The number of thiazole rings is 1. The van der Waals surface area contributed by atoms with E-state index in [-0.39, 0.29) is 21.1 Å². The van der Waals surface area contributed by atoms with Crippen LogP contribution in [0.3, 0.4) is 0 Å². The molecule has 2 rings (SSSR count). The maximum Gasteiger partial charge on any atom is 0.312 e. The Bertz CT molecular complexity index is 769. The van der Waals surface area contributed by atoms with Crippen molar-refractivity contribution in [2.45, 2.75) is 24.7 Å². The third-order valence-electron chi connectivity index (χ3n) is 2.74. The van der Waals surface area contributed by atoms with Gasteiger partial charge in [0.15, 0.2) is 5.13 Å². The van der Waals surface area contributed by atoms with E-state index < -0.39 is 10.0 Å². The van der Waals surface area contributed by atoms with E-state index in [1.54, 1.807) is 12.1 Å². The van der Waals surface area contributed by atoms with E-state index in [1.165, 1.54) is 25.4 Å². The van der Waals surface area contributed by atoms with Crippen LogP contribution in [0.5, 0.6) is 10.8 Å². The van der Waals surface area contributed by atoms with Crippen LogP contribution in [0.15, 0.2) is 35.4 Å². The molecule has 1 aromatic carbocycles. The van der Waals surface area contributed by atoms with Crippen LogP contribution in [0, 0.1) is 0 Å². The van der Waals surface area contributed by atoms with E-state index in [0.717, 1.165) is 11.3 Å². The molecule has 0 saturated carbocycles. The van der Waals surface area contributed by atoms with Crippen molar-refractivity contribution < 1.29 is 22.7 Å². The number of carbonyl (C=O) groups is 1. The molecule has 0 spiro atoms. The van der Waals surface area contributed by atoms with Gasteiger partial charge in [-0.05, 0) is 30.7 Å². The average Bonchev–Trinajstić information content (AvgIpc) is 2.93. The molecule has 7 nitrogen and oxygen atoms in total. The number of esters is 1. The maximum absolute atomic E-state index is 12.2. The van der Waals surface area contributed by atoms with Crippen molar-refractivity contribution in [2.24, 2.45) is 0 Å². The van der Waals surface area contributed by atoms with Gasteiger partial charge in [0.2, 0.25) is 5.06 Å². The summed E-state index contributed by atoms with van der Waals surface area (Å²) < 4.78 is 36.9. The van der Waals surface area contributed by atoms with Crippen molar-refractivity contribution in [3.63, 3.8) is 0 Å². The summed E-state index contributed by atoms with van der Waals surface area (Å²) in [6, 6.07) is 5.96. The normalized spacial score (nSPS) is 11.0. The van der Waals surface area contributed by atoms with Gasteiger partial charge in [-0.3, -0.25) is 9.52 Å². The molecule has 0 radical (unpaired) electrons. The number of aromatic nitrogens is 1. The first kappa shape index (κ1) is 17.2. The Morgan fingerprint density at radius 2 is 2.00 bits per heavy atom. The van der Waals surface area contributed by atoms with Gasteiger partial charge in [0.1, 0.15) is 5.75 Å². The smallest absolute Gasteiger partial charge is 0.312 e. The number of methoxy groups -OCH3 is 1. The summed E-state index contributed by atoms with van der Waals surface area (Å²) in [5.74, 6) is 0.184. The monoisotopic (exact) mass is 356 g/mol. The van der Waals surface area contributed by atoms with Crippen LogP contribution in [0.4, 0.5) is 5.13 Å². The second-order valence-corrected chi connectivity index (χ2v) is 7.17. The molecule has 2 aromatic rings. The zero-order valence-corrected chi connectivity index (χ0v) is 14.2. The number of hydrogen-bond acceptors (Lipinski definition) is 7. The van der Waals surface area contributed by atoms with Crippen molar-refractivity contribution in [3.05, 3.63) is 30.5 Å². The number of sulfonamides is 1. The highest BCUT2D eigenvalue weighted by Crippen LogP contribution is 2.28. The van der Waals surface area contributed by atoms with E-state index >= 15 is 0 Å². The lowest BCUT2D eigenvalue weighted by molar-refractivity contribution is -0.134. The van der Waals surface area contributed by atoms with Crippen LogP contribution in [0.25, 0.3) is 0 Å². The molecule has 0 fully saturated rings. The van der Waals surface area contributed by atoms with Crippen LogP contribution < -0.4 is 14.2 Å². The Labute approximate surface area is 138 Å². The number of hydrogen-bond donors (Lipinski definition) is 1. The predicted octanol–water partition coefficient (Wildman–Crippen LogP) is 2.66. The summed E-state index contributed by atoms with van der Waals surface area (Å²) in [7, 11) is -2.26. The van der Waals surface area contributed by atoms with Gasteiger partial charge in [0.05, 0.1) is 18.2 Å². The van der Waals surface area contributed by atoms with Crippen LogP contribution in [-0.2, 0) is 14.8 Å². The van der Waals surface area contributed by atoms with Crippen molar-refractivity contribution >= 4 is 32.5 Å². The molecular formula is C14H16N2O5S2. The van der Waals surface area contributed by atoms with Crippen molar-refractivity contribution in [3.8, 4) is 10.8 Å². The molecule has 124 valence electrons. The van der Waals surface area contributed by atoms with Gasteiger partial charge < -0.3 is 9.47 Å². The topological polar surface area (TPSA) is 94.6 Å². The zero-order chi connectivity index (χ0) is 16.9. The third kappa shape index (κ3) is 4.67. The lowest BCUT2D eigenvalue weighted by Crippen LogP contribution is -2.12. The maximum atomic E-state index is 12.2. The molecule has 0 saturated heterocycles. The van der Waals surface area contributed by atoms with Crippen LogP contribution >= 0.6 is 11.3 Å². The number of nitrogens with zero attached hydrogens (tertiary/aromatic N) is 1. The van der Waals surface area contributed by atoms with Crippen molar-refractivity contribution in [1.82, 2.24) is 4.98 Å². The highest BCUT2D eigenvalue weighted by Gasteiger charge is 2.17. The standard InChI is InChI=1S/C14H16N2O5S2/c1-3-4-12(17)21-13-9-15-14(22-13)16-23(18,19)11-7-5-10(20-2)6-8-11/h5-9H,3-4H2,1-2H3,(H,15,16). The molecule has 0 aliphatic rings. The molecule has 0 unspecified atom stereocenters. The fraction of sp³-hybridized carbons (Fsp3) is 0.286. The first-order valence-electron chi connectivity index (χ1n) is 6.78. The number of ether oxygens (including phenoxy) is 2. The fourth-order valence-corrected chi connectivity index (χ4v) is 3.58. The van der Waals surface area contributed by atoms with Crippen molar-refractivity contribution in [2.75, 3.05) is 11.8 Å². The van der Waals surface area contributed by atoms with Gasteiger partial charge in [-0.15, -0.1) is 0 Å². The molecule has 0 atom stereocenters. The number of anilines is 1. The van der Waals surface area contributed by atoms with E-state index in [0.29, 0.717) is 18.6 Å². The lowest BCUT2D eigenvalue weighted by Gasteiger charge is -2.05. The second kappa shape index (κ2) is 7.42. The van der Waals surface area contributed by atoms with Gasteiger partial charge in [-0.2, -0.15) is 0 Å². The van der Waals surface area contributed by atoms with Crippen molar-refractivity contribution in [1.29, 1.82) is 0 Å². The van der Waals surface area contributed by atoms with Gasteiger partial charge in [0, 0.05) is 6.42 Å². The highest BCUT2D eigenvalue weighted by atomic mass is 32.2. The molecular weight excluding hydrogens is 340 g/mol. The summed E-state index contributed by atoms with van der Waals surface area (Å²) in [4.78, 5) is 15.4. The Morgan fingerprint density at radius 1 is 1.30 bits per heavy atom. The van der Waals surface area contributed by atoms with Crippen LogP contribution in [-0.4, -0.2) is 26.5 Å². The third-order valence-corrected chi connectivity index (χ3v) is 5.02. The summed E-state index contributed by atoms with van der Waals surface area (Å²) in [5.41, 5.74) is 0. The predicted molar refractivity (Wildman–Crippen MR) is 86.5 cm³/mol. The van der Waals surface area contributed by atoms with E-state index in [2.05, 4.69) is 9.71 Å². The minimum Gasteiger partial charge on any atom is -0.497 e. The Morgan fingerprint density at radius 3 is 2.61 bits per heavy atom. The van der Waals surface area contributed by atoms with E-state index in [1.807, 2.05) is 6.92 Å². The van der Waals surface area contributed by atoms with Crippen LogP contribution in [0.2, 0.25) is 0 Å². The SMILES string of the molecule is CCCC(=O)Oc1cnc(NS(=O)(=O)c2ccc(OC)cc2)s1. The molecule has 0 aliphatic carbocycles. The minimum atomic E-state index is -3.76. The summed E-state index contributed by atoms with van der Waals surface area (Å²) in [6.07, 6.45) is 2.28. The quantitative estimate of drug-likeness (QED) is 0.767. The molecule has 23 heavy (non-hydrogen) atoms. The summed E-state index contributed by atoms with van der Waals surface area (Å²) in [6.45, 7) is 1.86. The largest absolute Gasteiger partial charge is 0.497 e. The van der Waals surface area contributed by atoms with Crippen LogP contribution in [0.1, 0.15) is 19.8 Å². The second-order valence-electron chi connectivity index (χ2n) is 4.49. The number of nitrogens with one attached hydrogen (secondary N) is 1. The van der Waals surface area contributed by atoms with Gasteiger partial charge >= 0.3 is 5.97 Å². The zero-order valence-electron chi connectivity index (χ0n) is 12.6. The average molecular weight is 356 g/mol. The lowest BCUT2D eigenvalue weighted by atomic mass is 10.3. The Hall–Kier alpha value is -2.13.